The highest BCUT2D eigenvalue weighted by Gasteiger charge is 2.14. The van der Waals surface area contributed by atoms with Crippen molar-refractivity contribution in [2.75, 3.05) is 40.5 Å². The molecule has 1 fully saturated rings. The summed E-state index contributed by atoms with van der Waals surface area (Å²) < 4.78 is 16.1. The molecule has 0 aromatic heterocycles. The quantitative estimate of drug-likeness (QED) is 0.795. The standard InChI is InChI=1S/C22H28N2O4/c1-16-20(26-2)12-19(13-21(16)27-3)22(25)23-14-17-4-6-18(7-5-17)15-24-8-10-28-11-9-24/h4-7,12-13H,8-11,14-15H2,1-3H3,(H,23,25). The number of amides is 1. The van der Waals surface area contributed by atoms with E-state index in [0.717, 1.165) is 44.0 Å². The third-order valence-corrected chi connectivity index (χ3v) is 5.00. The highest BCUT2D eigenvalue weighted by Crippen LogP contribution is 2.29. The summed E-state index contributed by atoms with van der Waals surface area (Å²) in [6.45, 7) is 6.85. The Kier molecular flexibility index (Phi) is 6.90. The van der Waals surface area contributed by atoms with E-state index in [1.807, 2.05) is 6.92 Å². The van der Waals surface area contributed by atoms with Gasteiger partial charge in [0, 0.05) is 37.3 Å². The molecule has 6 nitrogen and oxygen atoms in total. The second-order valence-corrected chi connectivity index (χ2v) is 6.89. The number of nitrogens with zero attached hydrogens (tertiary/aromatic N) is 1. The van der Waals surface area contributed by atoms with Crippen molar-refractivity contribution in [1.82, 2.24) is 10.2 Å². The van der Waals surface area contributed by atoms with Crippen LogP contribution in [-0.4, -0.2) is 51.3 Å². The zero-order chi connectivity index (χ0) is 19.9. The van der Waals surface area contributed by atoms with Gasteiger partial charge >= 0.3 is 0 Å². The van der Waals surface area contributed by atoms with Crippen LogP contribution in [0.1, 0.15) is 27.0 Å². The van der Waals surface area contributed by atoms with Crippen molar-refractivity contribution in [3.05, 3.63) is 58.7 Å². The number of hydrogen-bond donors (Lipinski definition) is 1. The van der Waals surface area contributed by atoms with E-state index in [1.165, 1.54) is 5.56 Å². The summed E-state index contributed by atoms with van der Waals surface area (Å²) in [5.41, 5.74) is 3.72. The van der Waals surface area contributed by atoms with Gasteiger partial charge in [-0.05, 0) is 30.2 Å². The molecule has 0 aliphatic carbocycles. The van der Waals surface area contributed by atoms with E-state index in [9.17, 15) is 4.79 Å². The zero-order valence-electron chi connectivity index (χ0n) is 16.8. The molecule has 2 aromatic rings. The van der Waals surface area contributed by atoms with Gasteiger partial charge in [0.25, 0.3) is 5.91 Å². The molecule has 0 unspecified atom stereocenters. The molecule has 1 saturated heterocycles. The van der Waals surface area contributed by atoms with Crippen molar-refractivity contribution in [3.8, 4) is 11.5 Å². The highest BCUT2D eigenvalue weighted by molar-refractivity contribution is 5.95. The van der Waals surface area contributed by atoms with Gasteiger partial charge < -0.3 is 19.5 Å². The molecule has 6 heteroatoms. The lowest BCUT2D eigenvalue weighted by molar-refractivity contribution is 0.0342. The van der Waals surface area contributed by atoms with Crippen LogP contribution in [0.15, 0.2) is 36.4 Å². The second-order valence-electron chi connectivity index (χ2n) is 6.89. The van der Waals surface area contributed by atoms with Crippen molar-refractivity contribution >= 4 is 5.91 Å². The smallest absolute Gasteiger partial charge is 0.251 e. The van der Waals surface area contributed by atoms with Gasteiger partial charge in [-0.15, -0.1) is 0 Å². The molecule has 2 aromatic carbocycles. The summed E-state index contributed by atoms with van der Waals surface area (Å²) in [7, 11) is 3.17. The van der Waals surface area contributed by atoms with Crippen LogP contribution in [0, 0.1) is 6.92 Å². The van der Waals surface area contributed by atoms with Crippen molar-refractivity contribution in [1.29, 1.82) is 0 Å². The maximum Gasteiger partial charge on any atom is 0.251 e. The molecular weight excluding hydrogens is 356 g/mol. The van der Waals surface area contributed by atoms with E-state index in [2.05, 4.69) is 34.5 Å². The molecule has 0 atom stereocenters. The first-order chi connectivity index (χ1) is 13.6. The first-order valence-corrected chi connectivity index (χ1v) is 9.49. The summed E-state index contributed by atoms with van der Waals surface area (Å²) in [6.07, 6.45) is 0. The van der Waals surface area contributed by atoms with Gasteiger partial charge in [0.1, 0.15) is 11.5 Å². The third kappa shape index (κ3) is 5.03. The van der Waals surface area contributed by atoms with Crippen molar-refractivity contribution in [2.24, 2.45) is 0 Å². The summed E-state index contributed by atoms with van der Waals surface area (Å²) in [4.78, 5) is 14.9. The molecule has 1 amide bonds. The van der Waals surface area contributed by atoms with Crippen LogP contribution in [0.3, 0.4) is 0 Å². The van der Waals surface area contributed by atoms with Gasteiger partial charge in [0.05, 0.1) is 27.4 Å². The van der Waals surface area contributed by atoms with E-state index in [0.29, 0.717) is 23.6 Å². The van der Waals surface area contributed by atoms with E-state index in [-0.39, 0.29) is 5.91 Å². The van der Waals surface area contributed by atoms with E-state index < -0.39 is 0 Å². The highest BCUT2D eigenvalue weighted by atomic mass is 16.5. The Hall–Kier alpha value is -2.57. The van der Waals surface area contributed by atoms with Crippen molar-refractivity contribution in [3.63, 3.8) is 0 Å². The Morgan fingerprint density at radius 1 is 1.04 bits per heavy atom. The maximum absolute atomic E-state index is 12.6. The normalized spacial score (nSPS) is 14.5. The molecule has 1 aliphatic rings. The Labute approximate surface area is 166 Å². The molecule has 150 valence electrons. The SMILES string of the molecule is COc1cc(C(=O)NCc2ccc(CN3CCOCC3)cc2)cc(OC)c1C. The van der Waals surface area contributed by atoms with E-state index in [1.54, 1.807) is 26.4 Å². The van der Waals surface area contributed by atoms with Gasteiger partial charge in [-0.2, -0.15) is 0 Å². The minimum Gasteiger partial charge on any atom is -0.496 e. The van der Waals surface area contributed by atoms with Crippen molar-refractivity contribution < 1.29 is 19.0 Å². The second kappa shape index (κ2) is 9.57. The number of nitrogens with one attached hydrogen (secondary N) is 1. The Bertz CT molecular complexity index is 774. The maximum atomic E-state index is 12.6. The lowest BCUT2D eigenvalue weighted by Gasteiger charge is -2.26. The van der Waals surface area contributed by atoms with Crippen LogP contribution in [0.25, 0.3) is 0 Å². The van der Waals surface area contributed by atoms with Crippen LogP contribution in [0.5, 0.6) is 11.5 Å². The number of benzene rings is 2. The molecule has 1 heterocycles. The minimum absolute atomic E-state index is 0.158. The van der Waals surface area contributed by atoms with Crippen LogP contribution >= 0.6 is 0 Å². The monoisotopic (exact) mass is 384 g/mol. The average molecular weight is 384 g/mol. The number of morpholine rings is 1. The van der Waals surface area contributed by atoms with Crippen LogP contribution < -0.4 is 14.8 Å². The molecule has 3 rings (SSSR count). The molecule has 0 radical (unpaired) electrons. The fourth-order valence-electron chi connectivity index (χ4n) is 3.28. The predicted molar refractivity (Wildman–Crippen MR) is 108 cm³/mol. The fraction of sp³-hybridized carbons (Fsp3) is 0.409. The molecule has 1 aliphatic heterocycles. The minimum atomic E-state index is -0.158. The largest absolute Gasteiger partial charge is 0.496 e. The van der Waals surface area contributed by atoms with Crippen LogP contribution in [-0.2, 0) is 17.8 Å². The molecule has 0 bridgehead atoms. The number of hydrogen-bond acceptors (Lipinski definition) is 5. The third-order valence-electron chi connectivity index (χ3n) is 5.00. The Morgan fingerprint density at radius 2 is 1.61 bits per heavy atom. The molecular formula is C22H28N2O4. The lowest BCUT2D eigenvalue weighted by Crippen LogP contribution is -2.35. The molecule has 0 saturated carbocycles. The summed E-state index contributed by atoms with van der Waals surface area (Å²) in [6, 6.07) is 11.8. The number of rotatable bonds is 7. The fourth-order valence-corrected chi connectivity index (χ4v) is 3.28. The van der Waals surface area contributed by atoms with E-state index in [4.69, 9.17) is 14.2 Å². The number of ether oxygens (including phenoxy) is 3. The van der Waals surface area contributed by atoms with Gasteiger partial charge in [-0.3, -0.25) is 9.69 Å². The molecule has 28 heavy (non-hydrogen) atoms. The summed E-state index contributed by atoms with van der Waals surface area (Å²) in [5, 5.41) is 2.96. The lowest BCUT2D eigenvalue weighted by atomic mass is 10.1. The topological polar surface area (TPSA) is 60.0 Å². The number of methoxy groups -OCH3 is 2. The van der Waals surface area contributed by atoms with Gasteiger partial charge in [-0.25, -0.2) is 0 Å². The Balaban J connectivity index is 1.58. The van der Waals surface area contributed by atoms with Gasteiger partial charge in [0.15, 0.2) is 0 Å². The summed E-state index contributed by atoms with van der Waals surface area (Å²) >= 11 is 0. The Morgan fingerprint density at radius 3 is 2.18 bits per heavy atom. The van der Waals surface area contributed by atoms with Crippen molar-refractivity contribution in [2.45, 2.75) is 20.0 Å². The van der Waals surface area contributed by atoms with Crippen LogP contribution in [0.4, 0.5) is 0 Å². The van der Waals surface area contributed by atoms with E-state index >= 15 is 0 Å². The number of carbonyl (C=O) groups is 1. The molecule has 0 spiro atoms. The predicted octanol–water partition coefficient (Wildman–Crippen LogP) is 2.77. The van der Waals surface area contributed by atoms with Crippen LogP contribution in [0.2, 0.25) is 0 Å². The zero-order valence-corrected chi connectivity index (χ0v) is 16.8. The first kappa shape index (κ1) is 20.2. The number of carbonyl (C=O) groups excluding carboxylic acids is 1. The average Bonchev–Trinajstić information content (AvgIpc) is 2.74. The van der Waals surface area contributed by atoms with Gasteiger partial charge in [-0.1, -0.05) is 24.3 Å². The molecule has 1 N–H and O–H groups in total. The van der Waals surface area contributed by atoms with Gasteiger partial charge in [0.2, 0.25) is 0 Å². The first-order valence-electron chi connectivity index (χ1n) is 9.49. The summed E-state index contributed by atoms with van der Waals surface area (Å²) in [5.74, 6) is 1.11.